The number of hydrogen-bond donors (Lipinski definition) is 1. The monoisotopic (exact) mass is 191 g/mol. The van der Waals surface area contributed by atoms with E-state index in [-0.39, 0.29) is 4.82 Å². The van der Waals surface area contributed by atoms with E-state index in [4.69, 9.17) is 0 Å². The number of halogens is 1. The molecule has 0 radical (unpaired) electrons. The third-order valence-electron chi connectivity index (χ3n) is 1.75. The van der Waals surface area contributed by atoms with Crippen molar-refractivity contribution >= 4 is 20.7 Å². The van der Waals surface area contributed by atoms with Crippen LogP contribution in [0.2, 0.25) is 0 Å². The van der Waals surface area contributed by atoms with Crippen molar-refractivity contribution in [2.75, 3.05) is 6.54 Å². The Balaban J connectivity index is 1.97. The first-order valence-corrected chi connectivity index (χ1v) is 4.01. The van der Waals surface area contributed by atoms with Gasteiger partial charge in [-0.1, -0.05) is 6.42 Å². The van der Waals surface area contributed by atoms with Crippen LogP contribution in [0.15, 0.2) is 0 Å². The average molecular weight is 192 g/mol. The normalized spacial score (nSPS) is 18.8. The molecule has 1 amide bonds. The number of nitrogens with one attached hydrogen (secondary N) is 1. The van der Waals surface area contributed by atoms with E-state index in [1.54, 1.807) is 0 Å². The van der Waals surface area contributed by atoms with Crippen molar-refractivity contribution in [1.82, 2.24) is 5.32 Å². The maximum Gasteiger partial charge on any atom is 0.287 e. The van der Waals surface area contributed by atoms with Crippen molar-refractivity contribution in [1.29, 1.82) is 0 Å². The lowest BCUT2D eigenvalue weighted by molar-refractivity contribution is 0.252. The lowest BCUT2D eigenvalue weighted by Gasteiger charge is -2.24. The van der Waals surface area contributed by atoms with E-state index in [0.29, 0.717) is 0 Å². The molecule has 2 nitrogen and oxygen atoms in total. The van der Waals surface area contributed by atoms with Gasteiger partial charge in [-0.05, 0) is 18.8 Å². The summed E-state index contributed by atoms with van der Waals surface area (Å²) in [6.07, 6.45) is 3.91. The molecule has 0 bridgehead atoms. The zero-order chi connectivity index (χ0) is 6.69. The van der Waals surface area contributed by atoms with Gasteiger partial charge in [-0.3, -0.25) is 4.79 Å². The van der Waals surface area contributed by atoms with Gasteiger partial charge in [0.05, 0.1) is 0 Å². The summed E-state index contributed by atoms with van der Waals surface area (Å²) in [7, 11) is 0. The van der Waals surface area contributed by atoms with Crippen LogP contribution >= 0.6 is 15.9 Å². The van der Waals surface area contributed by atoms with Gasteiger partial charge in [0.1, 0.15) is 0 Å². The fourth-order valence-corrected chi connectivity index (χ4v) is 1.08. The molecule has 1 aliphatic rings. The van der Waals surface area contributed by atoms with Crippen LogP contribution in [0, 0.1) is 5.92 Å². The average Bonchev–Trinajstić information content (AvgIpc) is 1.60. The van der Waals surface area contributed by atoms with Gasteiger partial charge in [0.25, 0.3) is 4.82 Å². The third kappa shape index (κ3) is 2.35. The van der Waals surface area contributed by atoms with Crippen LogP contribution in [0.4, 0.5) is 4.79 Å². The summed E-state index contributed by atoms with van der Waals surface area (Å²) in [6, 6.07) is 0. The highest BCUT2D eigenvalue weighted by molar-refractivity contribution is 9.18. The molecule has 3 heteroatoms. The molecular formula is C6H10BrNO. The van der Waals surface area contributed by atoms with Crippen LogP contribution in [0.5, 0.6) is 0 Å². The third-order valence-corrected chi connectivity index (χ3v) is 2.03. The minimum Gasteiger partial charge on any atom is -0.346 e. The van der Waals surface area contributed by atoms with Crippen LogP contribution in [-0.2, 0) is 0 Å². The summed E-state index contributed by atoms with van der Waals surface area (Å²) in [5.74, 6) is 0.756. The van der Waals surface area contributed by atoms with Crippen LogP contribution < -0.4 is 5.32 Å². The quantitative estimate of drug-likeness (QED) is 0.525. The molecule has 0 aromatic carbocycles. The van der Waals surface area contributed by atoms with Gasteiger partial charge < -0.3 is 5.32 Å². The predicted molar refractivity (Wildman–Crippen MR) is 39.7 cm³/mol. The van der Waals surface area contributed by atoms with E-state index in [1.807, 2.05) is 0 Å². The Morgan fingerprint density at radius 3 is 2.67 bits per heavy atom. The second-order valence-electron chi connectivity index (χ2n) is 2.45. The van der Waals surface area contributed by atoms with E-state index in [1.165, 1.54) is 19.3 Å². The number of carbonyl (C=O) groups is 1. The molecule has 1 aliphatic carbocycles. The first-order chi connectivity index (χ1) is 4.29. The minimum atomic E-state index is -0.0885. The van der Waals surface area contributed by atoms with E-state index >= 15 is 0 Å². The molecule has 0 heterocycles. The molecule has 0 aromatic rings. The Morgan fingerprint density at radius 2 is 2.33 bits per heavy atom. The van der Waals surface area contributed by atoms with Gasteiger partial charge in [0.2, 0.25) is 0 Å². The molecule has 1 saturated carbocycles. The Kier molecular flexibility index (Phi) is 2.51. The summed E-state index contributed by atoms with van der Waals surface area (Å²) in [5, 5.41) is 2.73. The molecular weight excluding hydrogens is 182 g/mol. The first kappa shape index (κ1) is 7.06. The SMILES string of the molecule is O=C(Br)NCC1CCC1. The van der Waals surface area contributed by atoms with Crippen molar-refractivity contribution in [3.8, 4) is 0 Å². The van der Waals surface area contributed by atoms with Crippen molar-refractivity contribution < 1.29 is 4.79 Å². The summed E-state index contributed by atoms with van der Waals surface area (Å²) in [4.78, 5) is 10.2. The number of amides is 1. The van der Waals surface area contributed by atoms with Crippen LogP contribution in [0.3, 0.4) is 0 Å². The van der Waals surface area contributed by atoms with Gasteiger partial charge in [-0.15, -0.1) is 0 Å². The molecule has 1 fully saturated rings. The maximum atomic E-state index is 10.3. The molecule has 0 spiro atoms. The van der Waals surface area contributed by atoms with Gasteiger partial charge >= 0.3 is 0 Å². The Labute approximate surface area is 63.1 Å². The highest BCUT2D eigenvalue weighted by Gasteiger charge is 2.16. The Bertz CT molecular complexity index is 112. The zero-order valence-corrected chi connectivity index (χ0v) is 6.78. The minimum absolute atomic E-state index is 0.0885. The lowest BCUT2D eigenvalue weighted by Crippen LogP contribution is -2.28. The Hall–Kier alpha value is -0.0500. The van der Waals surface area contributed by atoms with Gasteiger partial charge in [0, 0.05) is 22.5 Å². The second-order valence-corrected chi connectivity index (χ2v) is 3.17. The molecule has 0 aromatic heterocycles. The van der Waals surface area contributed by atoms with Crippen molar-refractivity contribution in [3.63, 3.8) is 0 Å². The number of carbonyl (C=O) groups excluding carboxylic acids is 1. The summed E-state index contributed by atoms with van der Waals surface area (Å²) < 4.78 is 0. The summed E-state index contributed by atoms with van der Waals surface area (Å²) >= 11 is 2.81. The highest BCUT2D eigenvalue weighted by Crippen LogP contribution is 2.25. The largest absolute Gasteiger partial charge is 0.346 e. The Morgan fingerprint density at radius 1 is 1.67 bits per heavy atom. The van der Waals surface area contributed by atoms with Crippen molar-refractivity contribution in [2.45, 2.75) is 19.3 Å². The molecule has 1 rings (SSSR count). The highest BCUT2D eigenvalue weighted by atomic mass is 79.9. The molecule has 0 saturated heterocycles. The van der Waals surface area contributed by atoms with Crippen molar-refractivity contribution in [2.24, 2.45) is 5.92 Å². The van der Waals surface area contributed by atoms with Gasteiger partial charge in [0.15, 0.2) is 0 Å². The molecule has 0 atom stereocenters. The lowest BCUT2D eigenvalue weighted by atomic mass is 9.86. The van der Waals surface area contributed by atoms with Crippen LogP contribution in [-0.4, -0.2) is 11.4 Å². The van der Waals surface area contributed by atoms with Crippen LogP contribution in [0.25, 0.3) is 0 Å². The zero-order valence-electron chi connectivity index (χ0n) is 5.19. The smallest absolute Gasteiger partial charge is 0.287 e. The summed E-state index contributed by atoms with van der Waals surface area (Å²) in [5.41, 5.74) is 0. The molecule has 1 N–H and O–H groups in total. The van der Waals surface area contributed by atoms with E-state index in [0.717, 1.165) is 12.5 Å². The molecule has 0 aliphatic heterocycles. The molecule has 0 unspecified atom stereocenters. The van der Waals surface area contributed by atoms with Gasteiger partial charge in [-0.25, -0.2) is 0 Å². The maximum absolute atomic E-state index is 10.3. The number of hydrogen-bond acceptors (Lipinski definition) is 1. The fraction of sp³-hybridized carbons (Fsp3) is 0.833. The topological polar surface area (TPSA) is 29.1 Å². The van der Waals surface area contributed by atoms with E-state index in [9.17, 15) is 4.79 Å². The molecule has 9 heavy (non-hydrogen) atoms. The fourth-order valence-electron chi connectivity index (χ4n) is 0.922. The van der Waals surface area contributed by atoms with E-state index in [2.05, 4.69) is 21.2 Å². The van der Waals surface area contributed by atoms with Crippen molar-refractivity contribution in [3.05, 3.63) is 0 Å². The summed E-state index contributed by atoms with van der Waals surface area (Å²) in [6.45, 7) is 0.851. The number of rotatable bonds is 2. The predicted octanol–water partition coefficient (Wildman–Crippen LogP) is 1.89. The van der Waals surface area contributed by atoms with E-state index < -0.39 is 0 Å². The molecule has 52 valence electrons. The van der Waals surface area contributed by atoms with Crippen LogP contribution in [0.1, 0.15) is 19.3 Å². The van der Waals surface area contributed by atoms with Gasteiger partial charge in [-0.2, -0.15) is 0 Å². The second kappa shape index (κ2) is 3.20. The standard InChI is InChI=1S/C6H10BrNO/c7-6(9)8-4-5-2-1-3-5/h5H,1-4H2,(H,8,9). The first-order valence-electron chi connectivity index (χ1n) is 3.22.